The summed E-state index contributed by atoms with van der Waals surface area (Å²) in [5.74, 6) is 2.09. The highest BCUT2D eigenvalue weighted by Gasteiger charge is 2.24. The first kappa shape index (κ1) is 15.0. The van der Waals surface area contributed by atoms with Gasteiger partial charge in [-0.15, -0.1) is 11.3 Å². The number of nitrogens with zero attached hydrogens (tertiary/aromatic N) is 2. The minimum atomic E-state index is 0.571. The topological polar surface area (TPSA) is 51.8 Å². The van der Waals surface area contributed by atoms with E-state index in [0.717, 1.165) is 27.5 Å². The number of hydrogen-bond donors (Lipinski definition) is 1. The van der Waals surface area contributed by atoms with E-state index < -0.39 is 0 Å². The molecule has 1 atom stereocenters. The SMILES string of the molecule is C[C@@H]1CCCc2sc3nc(SCc4ccccc4)nc(N)c3c21. The highest BCUT2D eigenvalue weighted by Crippen LogP contribution is 2.43. The lowest BCUT2D eigenvalue weighted by Crippen LogP contribution is -2.05. The van der Waals surface area contributed by atoms with Crippen molar-refractivity contribution in [3.63, 3.8) is 0 Å². The second-order valence-electron chi connectivity index (χ2n) is 6.08. The van der Waals surface area contributed by atoms with E-state index >= 15 is 0 Å². The molecular weight excluding hydrogens is 322 g/mol. The predicted octanol–water partition coefficient (Wildman–Crippen LogP) is 5.01. The minimum Gasteiger partial charge on any atom is -0.383 e. The second-order valence-corrected chi connectivity index (χ2v) is 8.10. The summed E-state index contributed by atoms with van der Waals surface area (Å²) in [6.45, 7) is 2.29. The summed E-state index contributed by atoms with van der Waals surface area (Å²) >= 11 is 3.46. The second kappa shape index (κ2) is 6.13. The molecular formula is C18H19N3S2. The first-order valence-electron chi connectivity index (χ1n) is 7.98. The van der Waals surface area contributed by atoms with Crippen molar-refractivity contribution in [3.05, 3.63) is 46.3 Å². The molecule has 0 bridgehead atoms. The van der Waals surface area contributed by atoms with Gasteiger partial charge >= 0.3 is 0 Å². The molecule has 2 N–H and O–H groups in total. The summed E-state index contributed by atoms with van der Waals surface area (Å²) in [4.78, 5) is 11.9. The molecule has 5 heteroatoms. The van der Waals surface area contributed by atoms with Crippen molar-refractivity contribution in [1.29, 1.82) is 0 Å². The molecule has 2 aromatic heterocycles. The molecule has 0 spiro atoms. The van der Waals surface area contributed by atoms with Gasteiger partial charge in [-0.2, -0.15) is 0 Å². The number of nitrogen functional groups attached to an aromatic ring is 1. The first-order chi connectivity index (χ1) is 11.2. The minimum absolute atomic E-state index is 0.571. The van der Waals surface area contributed by atoms with E-state index in [1.54, 1.807) is 11.8 Å². The monoisotopic (exact) mass is 341 g/mol. The largest absolute Gasteiger partial charge is 0.383 e. The standard InChI is InChI=1S/C18H19N3S2/c1-11-6-5-9-13-14(11)15-16(19)20-18(21-17(15)23-13)22-10-12-7-3-2-4-8-12/h2-4,7-8,11H,5-6,9-10H2,1H3,(H2,19,20,21)/t11-/m1/s1. The molecule has 1 aromatic carbocycles. The smallest absolute Gasteiger partial charge is 0.191 e. The van der Waals surface area contributed by atoms with Crippen LogP contribution in [0.5, 0.6) is 0 Å². The lowest BCUT2D eigenvalue weighted by Gasteiger charge is -2.18. The van der Waals surface area contributed by atoms with Crippen molar-refractivity contribution in [2.24, 2.45) is 0 Å². The third kappa shape index (κ3) is 2.83. The van der Waals surface area contributed by atoms with Gasteiger partial charge in [0.05, 0.1) is 5.39 Å². The van der Waals surface area contributed by atoms with Gasteiger partial charge in [0.1, 0.15) is 10.6 Å². The van der Waals surface area contributed by atoms with Crippen molar-refractivity contribution >= 4 is 39.1 Å². The number of benzene rings is 1. The highest BCUT2D eigenvalue weighted by molar-refractivity contribution is 7.98. The Morgan fingerprint density at radius 1 is 1.26 bits per heavy atom. The molecule has 1 aliphatic rings. The van der Waals surface area contributed by atoms with E-state index in [9.17, 15) is 0 Å². The van der Waals surface area contributed by atoms with Crippen molar-refractivity contribution in [2.45, 2.75) is 43.0 Å². The molecule has 0 saturated carbocycles. The average Bonchev–Trinajstić information content (AvgIpc) is 2.94. The Labute approximate surface area is 144 Å². The molecule has 1 aliphatic carbocycles. The Hall–Kier alpha value is -1.59. The lowest BCUT2D eigenvalue weighted by molar-refractivity contribution is 0.602. The zero-order valence-electron chi connectivity index (χ0n) is 13.1. The summed E-state index contributed by atoms with van der Waals surface area (Å²) < 4.78 is 0. The molecule has 2 heterocycles. The summed E-state index contributed by atoms with van der Waals surface area (Å²) in [6, 6.07) is 10.4. The molecule has 0 fully saturated rings. The number of aromatic nitrogens is 2. The van der Waals surface area contributed by atoms with Crippen LogP contribution in [0.4, 0.5) is 5.82 Å². The third-order valence-electron chi connectivity index (χ3n) is 4.42. The van der Waals surface area contributed by atoms with Gasteiger partial charge in [-0.3, -0.25) is 0 Å². The quantitative estimate of drug-likeness (QED) is 0.538. The number of aryl methyl sites for hydroxylation is 1. The summed E-state index contributed by atoms with van der Waals surface area (Å²) in [7, 11) is 0. The fourth-order valence-corrected chi connectivity index (χ4v) is 5.49. The van der Waals surface area contributed by atoms with Gasteiger partial charge in [0, 0.05) is 10.6 Å². The molecule has 0 radical (unpaired) electrons. The van der Waals surface area contributed by atoms with Gasteiger partial charge in [0.2, 0.25) is 0 Å². The summed E-state index contributed by atoms with van der Waals surface area (Å²) in [5, 5.41) is 1.89. The van der Waals surface area contributed by atoms with E-state index in [-0.39, 0.29) is 0 Å². The molecule has 0 unspecified atom stereocenters. The van der Waals surface area contributed by atoms with E-state index in [0.29, 0.717) is 11.7 Å². The van der Waals surface area contributed by atoms with Crippen molar-refractivity contribution in [3.8, 4) is 0 Å². The van der Waals surface area contributed by atoms with Crippen LogP contribution in [-0.2, 0) is 12.2 Å². The number of thiophene rings is 1. The van der Waals surface area contributed by atoms with Crippen LogP contribution in [0.2, 0.25) is 0 Å². The number of hydrogen-bond acceptors (Lipinski definition) is 5. The summed E-state index contributed by atoms with van der Waals surface area (Å²) in [6.07, 6.45) is 3.67. The Bertz CT molecular complexity index is 842. The van der Waals surface area contributed by atoms with Gasteiger partial charge in [-0.1, -0.05) is 49.0 Å². The molecule has 0 saturated heterocycles. The lowest BCUT2D eigenvalue weighted by atomic mass is 9.87. The van der Waals surface area contributed by atoms with E-state index in [4.69, 9.17) is 10.7 Å². The number of fused-ring (bicyclic) bond motifs is 3. The van der Waals surface area contributed by atoms with Crippen LogP contribution >= 0.6 is 23.1 Å². The van der Waals surface area contributed by atoms with Crippen LogP contribution in [-0.4, -0.2) is 9.97 Å². The first-order valence-corrected chi connectivity index (χ1v) is 9.78. The van der Waals surface area contributed by atoms with Crippen LogP contribution in [0, 0.1) is 0 Å². The van der Waals surface area contributed by atoms with Crippen LogP contribution in [0.3, 0.4) is 0 Å². The normalized spacial score (nSPS) is 17.3. The van der Waals surface area contributed by atoms with Crippen LogP contribution in [0.15, 0.2) is 35.5 Å². The number of anilines is 1. The maximum atomic E-state index is 6.30. The van der Waals surface area contributed by atoms with Gasteiger partial charge in [-0.05, 0) is 36.3 Å². The molecule has 23 heavy (non-hydrogen) atoms. The zero-order chi connectivity index (χ0) is 15.8. The maximum Gasteiger partial charge on any atom is 0.191 e. The van der Waals surface area contributed by atoms with Crippen LogP contribution < -0.4 is 5.73 Å². The number of rotatable bonds is 3. The van der Waals surface area contributed by atoms with Crippen molar-refractivity contribution < 1.29 is 0 Å². The maximum absolute atomic E-state index is 6.30. The number of thioether (sulfide) groups is 1. The molecule has 4 rings (SSSR count). The third-order valence-corrected chi connectivity index (χ3v) is 6.50. The van der Waals surface area contributed by atoms with Crippen LogP contribution in [0.25, 0.3) is 10.2 Å². The number of nitrogens with two attached hydrogens (primary N) is 1. The van der Waals surface area contributed by atoms with E-state index in [1.165, 1.54) is 28.8 Å². The van der Waals surface area contributed by atoms with Gasteiger partial charge in [0.25, 0.3) is 0 Å². The Morgan fingerprint density at radius 3 is 2.91 bits per heavy atom. The Balaban J connectivity index is 1.68. The molecule has 0 amide bonds. The molecule has 3 aromatic rings. The predicted molar refractivity (Wildman–Crippen MR) is 99.2 cm³/mol. The molecule has 118 valence electrons. The highest BCUT2D eigenvalue weighted by atomic mass is 32.2. The van der Waals surface area contributed by atoms with Crippen molar-refractivity contribution in [1.82, 2.24) is 9.97 Å². The fraction of sp³-hybridized carbons (Fsp3) is 0.333. The fourth-order valence-electron chi connectivity index (χ4n) is 3.28. The average molecular weight is 342 g/mol. The van der Waals surface area contributed by atoms with Gasteiger partial charge in [-0.25, -0.2) is 9.97 Å². The Kier molecular flexibility index (Phi) is 3.99. The van der Waals surface area contributed by atoms with Crippen molar-refractivity contribution in [2.75, 3.05) is 5.73 Å². The van der Waals surface area contributed by atoms with E-state index in [1.807, 2.05) is 17.4 Å². The zero-order valence-corrected chi connectivity index (χ0v) is 14.7. The van der Waals surface area contributed by atoms with E-state index in [2.05, 4.69) is 36.2 Å². The molecule has 3 nitrogen and oxygen atoms in total. The van der Waals surface area contributed by atoms with Gasteiger partial charge < -0.3 is 5.73 Å². The van der Waals surface area contributed by atoms with Crippen LogP contribution in [0.1, 0.15) is 41.7 Å². The Morgan fingerprint density at radius 2 is 2.09 bits per heavy atom. The molecule has 0 aliphatic heterocycles. The summed E-state index contributed by atoms with van der Waals surface area (Å²) in [5.41, 5.74) is 8.99. The van der Waals surface area contributed by atoms with Gasteiger partial charge in [0.15, 0.2) is 5.16 Å².